The first-order chi connectivity index (χ1) is 7.11. The van der Waals surface area contributed by atoms with Gasteiger partial charge in [-0.1, -0.05) is 13.5 Å². The maximum Gasteiger partial charge on any atom is 0.330 e. The molecule has 0 aliphatic rings. The van der Waals surface area contributed by atoms with Gasteiger partial charge in [0.15, 0.2) is 0 Å². The van der Waals surface area contributed by atoms with Crippen molar-refractivity contribution >= 4 is 11.9 Å². The Kier molecular flexibility index (Phi) is 8.39. The van der Waals surface area contributed by atoms with Crippen LogP contribution in [0.25, 0.3) is 0 Å². The molecule has 1 atom stereocenters. The quantitative estimate of drug-likeness (QED) is 0.560. The molecule has 0 bridgehead atoms. The van der Waals surface area contributed by atoms with Crippen molar-refractivity contribution in [3.8, 4) is 0 Å². The van der Waals surface area contributed by atoms with E-state index in [-0.39, 0.29) is 11.5 Å². The topological polar surface area (TPSA) is 89.6 Å². The third-order valence-corrected chi connectivity index (χ3v) is 1.91. The highest BCUT2D eigenvalue weighted by molar-refractivity contribution is 5.81. The van der Waals surface area contributed by atoms with E-state index in [9.17, 15) is 4.79 Å². The third-order valence-electron chi connectivity index (χ3n) is 1.91. The van der Waals surface area contributed by atoms with Crippen LogP contribution in [-0.2, 0) is 14.3 Å². The molecular weight excluding hydrogens is 210 g/mol. The van der Waals surface area contributed by atoms with Gasteiger partial charge < -0.3 is 15.6 Å². The molecule has 0 aromatic carbocycles. The first-order valence-electron chi connectivity index (χ1n) is 4.88. The number of carboxylic acids is 1. The van der Waals surface area contributed by atoms with Crippen LogP contribution in [0.3, 0.4) is 0 Å². The van der Waals surface area contributed by atoms with Crippen LogP contribution in [0, 0.1) is 5.92 Å². The minimum Gasteiger partial charge on any atom is -0.481 e. The maximum atomic E-state index is 10.7. The van der Waals surface area contributed by atoms with Gasteiger partial charge >= 0.3 is 5.97 Å². The number of carbonyl (C=O) groups is 2. The van der Waals surface area contributed by atoms with Crippen LogP contribution in [0.2, 0.25) is 0 Å². The Morgan fingerprint density at radius 1 is 1.56 bits per heavy atom. The van der Waals surface area contributed by atoms with Gasteiger partial charge in [0, 0.05) is 24.5 Å². The van der Waals surface area contributed by atoms with E-state index in [2.05, 4.69) is 6.58 Å². The largest absolute Gasteiger partial charge is 0.481 e. The van der Waals surface area contributed by atoms with Crippen LogP contribution in [0.4, 0.5) is 0 Å². The summed E-state index contributed by atoms with van der Waals surface area (Å²) in [4.78, 5) is 19.7. The fourth-order valence-electron chi connectivity index (χ4n) is 0.481. The Balaban J connectivity index is 0. The lowest BCUT2D eigenvalue weighted by molar-refractivity contribution is -0.139. The van der Waals surface area contributed by atoms with E-state index in [0.29, 0.717) is 6.61 Å². The summed E-state index contributed by atoms with van der Waals surface area (Å²) in [7, 11) is 0. The molecule has 16 heavy (non-hydrogen) atoms. The van der Waals surface area contributed by atoms with E-state index in [0.717, 1.165) is 13.0 Å². The second kappa shape index (κ2) is 7.87. The Hall–Kier alpha value is -1.36. The SMILES string of the molecule is C=CC(=O)OCC(C)C(C)(C)N.CC(=O)O. The van der Waals surface area contributed by atoms with E-state index in [4.69, 9.17) is 20.4 Å². The van der Waals surface area contributed by atoms with E-state index in [1.165, 1.54) is 0 Å². The Morgan fingerprint density at radius 3 is 2.19 bits per heavy atom. The number of rotatable bonds is 4. The van der Waals surface area contributed by atoms with Crippen molar-refractivity contribution in [2.24, 2.45) is 11.7 Å². The highest BCUT2D eigenvalue weighted by Gasteiger charge is 2.21. The molecular formula is C11H21NO4. The molecule has 0 radical (unpaired) electrons. The number of esters is 1. The average Bonchev–Trinajstić information content (AvgIpc) is 2.10. The molecule has 0 spiro atoms. The molecule has 0 heterocycles. The molecule has 1 unspecified atom stereocenters. The molecule has 0 aromatic heterocycles. The summed E-state index contributed by atoms with van der Waals surface area (Å²) in [6.45, 7) is 10.5. The summed E-state index contributed by atoms with van der Waals surface area (Å²) in [6, 6.07) is 0. The molecule has 0 saturated heterocycles. The van der Waals surface area contributed by atoms with Crippen molar-refractivity contribution in [2.45, 2.75) is 33.2 Å². The zero-order valence-corrected chi connectivity index (χ0v) is 10.3. The van der Waals surface area contributed by atoms with E-state index >= 15 is 0 Å². The molecule has 94 valence electrons. The van der Waals surface area contributed by atoms with E-state index in [1.807, 2.05) is 20.8 Å². The lowest BCUT2D eigenvalue weighted by atomic mass is 9.91. The summed E-state index contributed by atoms with van der Waals surface area (Å²) in [5.74, 6) is -1.09. The van der Waals surface area contributed by atoms with Gasteiger partial charge in [-0.15, -0.1) is 0 Å². The molecule has 5 nitrogen and oxygen atoms in total. The molecule has 5 heteroatoms. The van der Waals surface area contributed by atoms with Gasteiger partial charge in [0.1, 0.15) is 0 Å². The second-order valence-corrected chi connectivity index (χ2v) is 4.08. The van der Waals surface area contributed by atoms with E-state index < -0.39 is 11.9 Å². The highest BCUT2D eigenvalue weighted by Crippen LogP contribution is 2.12. The zero-order chi connectivity index (χ0) is 13.4. The number of aliphatic carboxylic acids is 1. The van der Waals surface area contributed by atoms with Gasteiger partial charge in [0.25, 0.3) is 5.97 Å². The van der Waals surface area contributed by atoms with Gasteiger partial charge in [-0.05, 0) is 13.8 Å². The fourth-order valence-corrected chi connectivity index (χ4v) is 0.481. The summed E-state index contributed by atoms with van der Waals surface area (Å²) in [6.07, 6.45) is 1.15. The van der Waals surface area contributed by atoms with Gasteiger partial charge in [0.05, 0.1) is 6.61 Å². The number of carbonyl (C=O) groups excluding carboxylic acids is 1. The molecule has 0 rings (SSSR count). The number of nitrogens with two attached hydrogens (primary N) is 1. The first kappa shape index (κ1) is 17.0. The lowest BCUT2D eigenvalue weighted by Gasteiger charge is -2.26. The molecule has 0 amide bonds. The number of hydrogen-bond acceptors (Lipinski definition) is 4. The Labute approximate surface area is 96.3 Å². The fraction of sp³-hybridized carbons (Fsp3) is 0.636. The molecule has 0 fully saturated rings. The first-order valence-corrected chi connectivity index (χ1v) is 4.88. The van der Waals surface area contributed by atoms with Gasteiger partial charge in [0.2, 0.25) is 0 Å². The summed E-state index contributed by atoms with van der Waals surface area (Å²) in [5.41, 5.74) is 5.47. The molecule has 0 aromatic rings. The number of ether oxygens (including phenoxy) is 1. The van der Waals surface area contributed by atoms with Gasteiger partial charge in [-0.3, -0.25) is 4.79 Å². The van der Waals surface area contributed by atoms with Crippen LogP contribution >= 0.6 is 0 Å². The minimum atomic E-state index is -0.833. The highest BCUT2D eigenvalue weighted by atomic mass is 16.5. The van der Waals surface area contributed by atoms with Gasteiger partial charge in [-0.2, -0.15) is 0 Å². The summed E-state index contributed by atoms with van der Waals surface area (Å²) >= 11 is 0. The van der Waals surface area contributed by atoms with Crippen molar-refractivity contribution in [2.75, 3.05) is 6.61 Å². The number of hydrogen-bond donors (Lipinski definition) is 2. The normalized spacial score (nSPS) is 11.8. The molecule has 0 aliphatic carbocycles. The monoisotopic (exact) mass is 231 g/mol. The summed E-state index contributed by atoms with van der Waals surface area (Å²) in [5, 5.41) is 7.42. The Morgan fingerprint density at radius 2 is 1.94 bits per heavy atom. The zero-order valence-electron chi connectivity index (χ0n) is 10.3. The smallest absolute Gasteiger partial charge is 0.330 e. The lowest BCUT2D eigenvalue weighted by Crippen LogP contribution is -2.41. The van der Waals surface area contributed by atoms with Gasteiger partial charge in [-0.25, -0.2) is 4.79 Å². The van der Waals surface area contributed by atoms with Crippen LogP contribution in [0.1, 0.15) is 27.7 Å². The summed E-state index contributed by atoms with van der Waals surface area (Å²) < 4.78 is 4.84. The molecule has 0 saturated carbocycles. The van der Waals surface area contributed by atoms with Crippen molar-refractivity contribution in [3.63, 3.8) is 0 Å². The van der Waals surface area contributed by atoms with Crippen molar-refractivity contribution in [3.05, 3.63) is 12.7 Å². The van der Waals surface area contributed by atoms with Crippen LogP contribution < -0.4 is 5.73 Å². The number of carboxylic acid groups (broad SMARTS) is 1. The van der Waals surface area contributed by atoms with Crippen LogP contribution in [-0.4, -0.2) is 29.2 Å². The maximum absolute atomic E-state index is 10.7. The third kappa shape index (κ3) is 12.6. The van der Waals surface area contributed by atoms with E-state index in [1.54, 1.807) is 0 Å². The predicted octanol–water partition coefficient (Wildman–Crippen LogP) is 1.18. The Bertz CT molecular complexity index is 239. The van der Waals surface area contributed by atoms with Crippen LogP contribution in [0.5, 0.6) is 0 Å². The molecule has 0 aliphatic heterocycles. The minimum absolute atomic E-state index is 0.140. The molecule has 3 N–H and O–H groups in total. The van der Waals surface area contributed by atoms with Crippen molar-refractivity contribution in [1.82, 2.24) is 0 Å². The standard InChI is InChI=1S/C9H17NO2.C2H4O2/c1-5-8(11)12-6-7(2)9(3,4)10;1-2(3)4/h5,7H,1,6,10H2,2-4H3;1H3,(H,3,4). The predicted molar refractivity (Wildman–Crippen MR) is 61.9 cm³/mol. The second-order valence-electron chi connectivity index (χ2n) is 4.08. The van der Waals surface area contributed by atoms with Crippen molar-refractivity contribution < 1.29 is 19.4 Å². The van der Waals surface area contributed by atoms with Crippen LogP contribution in [0.15, 0.2) is 12.7 Å². The average molecular weight is 231 g/mol. The van der Waals surface area contributed by atoms with Crippen molar-refractivity contribution in [1.29, 1.82) is 0 Å².